The molecule has 2 aliphatic rings. The standard InChI is InChI=1S/C20H27N5O2/c1-13-17(22-20(26)19-14(2)23-27-15(19)3)6-7-18(21-13)25-11-8-16(12-25)24-9-4-5-10-24/h6-7,16H,4-5,8-12H2,1-3H3,(H,22,26)/t16-/m1/s1. The Bertz CT molecular complexity index is 821. The van der Waals surface area contributed by atoms with Gasteiger partial charge in [0.2, 0.25) is 0 Å². The highest BCUT2D eigenvalue weighted by Gasteiger charge is 2.30. The second-order valence-electron chi connectivity index (χ2n) is 7.59. The van der Waals surface area contributed by atoms with Crippen molar-refractivity contribution in [3.8, 4) is 0 Å². The Morgan fingerprint density at radius 1 is 1.15 bits per heavy atom. The van der Waals surface area contributed by atoms with Gasteiger partial charge in [-0.1, -0.05) is 5.16 Å². The zero-order chi connectivity index (χ0) is 19.0. The van der Waals surface area contributed by atoms with Crippen LogP contribution in [0.25, 0.3) is 0 Å². The van der Waals surface area contributed by atoms with Gasteiger partial charge in [0.25, 0.3) is 5.91 Å². The Hall–Kier alpha value is -2.41. The number of carbonyl (C=O) groups excluding carboxylic acids is 1. The van der Waals surface area contributed by atoms with Gasteiger partial charge < -0.3 is 14.7 Å². The molecule has 4 rings (SSSR count). The minimum atomic E-state index is -0.209. The quantitative estimate of drug-likeness (QED) is 0.893. The van der Waals surface area contributed by atoms with Crippen LogP contribution in [0.2, 0.25) is 0 Å². The molecule has 0 bridgehead atoms. The highest BCUT2D eigenvalue weighted by molar-refractivity contribution is 6.05. The summed E-state index contributed by atoms with van der Waals surface area (Å²) in [6, 6.07) is 4.59. The van der Waals surface area contributed by atoms with Gasteiger partial charge in [-0.2, -0.15) is 0 Å². The third-order valence-electron chi connectivity index (χ3n) is 5.72. The Balaban J connectivity index is 1.44. The molecule has 0 aliphatic carbocycles. The Labute approximate surface area is 159 Å². The maximum atomic E-state index is 12.5. The summed E-state index contributed by atoms with van der Waals surface area (Å²) in [6.07, 6.45) is 3.85. The van der Waals surface area contributed by atoms with E-state index in [0.29, 0.717) is 23.1 Å². The van der Waals surface area contributed by atoms with Crippen molar-refractivity contribution in [1.29, 1.82) is 0 Å². The summed E-state index contributed by atoms with van der Waals surface area (Å²) in [5, 5.41) is 6.78. The van der Waals surface area contributed by atoms with Gasteiger partial charge in [0.1, 0.15) is 17.1 Å². The number of nitrogens with zero attached hydrogens (tertiary/aromatic N) is 4. The maximum Gasteiger partial charge on any atom is 0.261 e. The topological polar surface area (TPSA) is 74.5 Å². The number of aryl methyl sites for hydroxylation is 3. The molecule has 0 saturated carbocycles. The van der Waals surface area contributed by atoms with Crippen LogP contribution >= 0.6 is 0 Å². The first-order chi connectivity index (χ1) is 13.0. The van der Waals surface area contributed by atoms with Gasteiger partial charge in [0, 0.05) is 19.1 Å². The van der Waals surface area contributed by atoms with Crippen molar-refractivity contribution in [1.82, 2.24) is 15.0 Å². The molecule has 1 atom stereocenters. The van der Waals surface area contributed by atoms with E-state index in [1.54, 1.807) is 13.8 Å². The fraction of sp³-hybridized carbons (Fsp3) is 0.550. The fourth-order valence-electron chi connectivity index (χ4n) is 4.20. The molecule has 0 unspecified atom stereocenters. The number of hydrogen-bond donors (Lipinski definition) is 1. The normalized spacial score (nSPS) is 20.4. The predicted molar refractivity (Wildman–Crippen MR) is 104 cm³/mol. The van der Waals surface area contributed by atoms with Crippen molar-refractivity contribution in [2.45, 2.75) is 46.1 Å². The molecule has 2 aromatic heterocycles. The number of aromatic nitrogens is 2. The first kappa shape index (κ1) is 18.0. The van der Waals surface area contributed by atoms with E-state index in [1.807, 2.05) is 19.1 Å². The molecule has 1 amide bonds. The van der Waals surface area contributed by atoms with Gasteiger partial charge in [-0.15, -0.1) is 0 Å². The summed E-state index contributed by atoms with van der Waals surface area (Å²) in [5.41, 5.74) is 2.63. The number of rotatable bonds is 4. The average Bonchev–Trinajstić information content (AvgIpc) is 3.37. The van der Waals surface area contributed by atoms with E-state index in [1.165, 1.54) is 32.4 Å². The lowest BCUT2D eigenvalue weighted by Crippen LogP contribution is -2.35. The number of hydrogen-bond acceptors (Lipinski definition) is 6. The van der Waals surface area contributed by atoms with Crippen molar-refractivity contribution >= 4 is 17.4 Å². The molecule has 2 fully saturated rings. The third-order valence-corrected chi connectivity index (χ3v) is 5.72. The molecule has 1 N–H and O–H groups in total. The van der Waals surface area contributed by atoms with Crippen LogP contribution < -0.4 is 10.2 Å². The molecule has 0 aromatic carbocycles. The van der Waals surface area contributed by atoms with Crippen LogP contribution in [0.15, 0.2) is 16.7 Å². The van der Waals surface area contributed by atoms with Crippen LogP contribution in [0.4, 0.5) is 11.5 Å². The van der Waals surface area contributed by atoms with Gasteiger partial charge in [-0.25, -0.2) is 4.98 Å². The first-order valence-corrected chi connectivity index (χ1v) is 9.74. The smallest absolute Gasteiger partial charge is 0.261 e. The Morgan fingerprint density at radius 2 is 1.93 bits per heavy atom. The lowest BCUT2D eigenvalue weighted by molar-refractivity contribution is 0.102. The number of nitrogens with one attached hydrogen (secondary N) is 1. The van der Waals surface area contributed by atoms with E-state index < -0.39 is 0 Å². The SMILES string of the molecule is Cc1nc(N2CC[C@@H](N3CCCC3)C2)ccc1NC(=O)c1c(C)noc1C. The van der Waals surface area contributed by atoms with Crippen LogP contribution in [0, 0.1) is 20.8 Å². The summed E-state index contributed by atoms with van der Waals surface area (Å²) in [5.74, 6) is 1.31. The summed E-state index contributed by atoms with van der Waals surface area (Å²) in [4.78, 5) is 22.3. The number of amides is 1. The maximum absolute atomic E-state index is 12.5. The number of carbonyl (C=O) groups is 1. The zero-order valence-corrected chi connectivity index (χ0v) is 16.3. The van der Waals surface area contributed by atoms with E-state index >= 15 is 0 Å². The van der Waals surface area contributed by atoms with Crippen molar-refractivity contribution in [3.05, 3.63) is 34.8 Å². The van der Waals surface area contributed by atoms with E-state index in [2.05, 4.69) is 20.3 Å². The molecular weight excluding hydrogens is 342 g/mol. The number of anilines is 2. The van der Waals surface area contributed by atoms with Gasteiger partial charge in [-0.3, -0.25) is 9.69 Å². The van der Waals surface area contributed by atoms with Gasteiger partial charge in [0.15, 0.2) is 0 Å². The molecule has 27 heavy (non-hydrogen) atoms. The van der Waals surface area contributed by atoms with Crippen LogP contribution in [-0.4, -0.2) is 53.2 Å². The predicted octanol–water partition coefficient (Wildman–Crippen LogP) is 2.92. The summed E-state index contributed by atoms with van der Waals surface area (Å²) >= 11 is 0. The molecule has 2 aromatic rings. The minimum absolute atomic E-state index is 0.209. The molecule has 4 heterocycles. The molecule has 0 spiro atoms. The second kappa shape index (κ2) is 7.31. The van der Waals surface area contributed by atoms with Crippen LogP contribution in [0.5, 0.6) is 0 Å². The number of pyridine rings is 1. The van der Waals surface area contributed by atoms with Crippen LogP contribution in [0.1, 0.15) is 46.8 Å². The largest absolute Gasteiger partial charge is 0.361 e. The van der Waals surface area contributed by atoms with E-state index in [-0.39, 0.29) is 5.91 Å². The van der Waals surface area contributed by atoms with E-state index in [9.17, 15) is 4.79 Å². The van der Waals surface area contributed by atoms with Gasteiger partial charge in [-0.05, 0) is 65.3 Å². The van der Waals surface area contributed by atoms with Crippen molar-refractivity contribution in [2.75, 3.05) is 36.4 Å². The van der Waals surface area contributed by atoms with Gasteiger partial charge >= 0.3 is 0 Å². The first-order valence-electron chi connectivity index (χ1n) is 9.74. The van der Waals surface area contributed by atoms with Crippen molar-refractivity contribution in [3.63, 3.8) is 0 Å². The zero-order valence-electron chi connectivity index (χ0n) is 16.3. The average molecular weight is 369 g/mol. The highest BCUT2D eigenvalue weighted by atomic mass is 16.5. The van der Waals surface area contributed by atoms with Gasteiger partial charge in [0.05, 0.1) is 17.1 Å². The van der Waals surface area contributed by atoms with Crippen molar-refractivity contribution < 1.29 is 9.32 Å². The second-order valence-corrected chi connectivity index (χ2v) is 7.59. The molecule has 7 heteroatoms. The lowest BCUT2D eigenvalue weighted by atomic mass is 10.2. The minimum Gasteiger partial charge on any atom is -0.361 e. The van der Waals surface area contributed by atoms with Crippen molar-refractivity contribution in [2.24, 2.45) is 0 Å². The lowest BCUT2D eigenvalue weighted by Gasteiger charge is -2.24. The monoisotopic (exact) mass is 369 g/mol. The molecule has 0 radical (unpaired) electrons. The van der Waals surface area contributed by atoms with Crippen LogP contribution in [-0.2, 0) is 0 Å². The number of likely N-dealkylation sites (tertiary alicyclic amines) is 1. The third kappa shape index (κ3) is 3.56. The Morgan fingerprint density at radius 3 is 2.59 bits per heavy atom. The summed E-state index contributed by atoms with van der Waals surface area (Å²) in [7, 11) is 0. The Kier molecular flexibility index (Phi) is 4.86. The summed E-state index contributed by atoms with van der Waals surface area (Å²) in [6.45, 7) is 9.99. The fourth-order valence-corrected chi connectivity index (χ4v) is 4.20. The molecule has 144 valence electrons. The van der Waals surface area contributed by atoms with E-state index in [4.69, 9.17) is 9.51 Å². The molecule has 2 aliphatic heterocycles. The molecule has 2 saturated heterocycles. The highest BCUT2D eigenvalue weighted by Crippen LogP contribution is 2.26. The summed E-state index contributed by atoms with van der Waals surface area (Å²) < 4.78 is 5.09. The molecular formula is C20H27N5O2. The van der Waals surface area contributed by atoms with E-state index in [0.717, 1.165) is 30.3 Å². The van der Waals surface area contributed by atoms with Crippen LogP contribution in [0.3, 0.4) is 0 Å². The molecule has 7 nitrogen and oxygen atoms in total.